The predicted molar refractivity (Wildman–Crippen MR) is 71.9 cm³/mol. The molecule has 0 N–H and O–H groups in total. The Morgan fingerprint density at radius 1 is 0.706 bits per heavy atom. The van der Waals surface area contributed by atoms with Crippen LogP contribution >= 0.6 is 23.2 Å². The van der Waals surface area contributed by atoms with Gasteiger partial charge in [0.2, 0.25) is 0 Å². The third-order valence-corrected chi connectivity index (χ3v) is 5.37. The highest BCUT2D eigenvalue weighted by molar-refractivity contribution is 6.37. The molecule has 2 aromatic carbocycles. The third kappa shape index (κ3) is 0.978. The van der Waals surface area contributed by atoms with Crippen LogP contribution in [0.4, 0.5) is 0 Å². The molecule has 1 spiro atoms. The minimum atomic E-state index is -0.143. The molecule has 4 rings (SSSR count). The largest absolute Gasteiger partial charge is 0.120 e. The minimum absolute atomic E-state index is 0.00830. The van der Waals surface area contributed by atoms with Crippen LogP contribution < -0.4 is 0 Å². The van der Waals surface area contributed by atoms with E-state index in [9.17, 15) is 0 Å². The maximum Gasteiger partial charge on any atom is 0.0664 e. The summed E-state index contributed by atoms with van der Waals surface area (Å²) >= 11 is 12.8. The van der Waals surface area contributed by atoms with Gasteiger partial charge in [0.05, 0.1) is 16.2 Å². The van der Waals surface area contributed by atoms with E-state index in [1.165, 1.54) is 22.3 Å². The van der Waals surface area contributed by atoms with E-state index in [2.05, 4.69) is 48.5 Å². The first-order chi connectivity index (χ1) is 8.28. The van der Waals surface area contributed by atoms with E-state index < -0.39 is 0 Å². The van der Waals surface area contributed by atoms with Crippen molar-refractivity contribution < 1.29 is 0 Å². The Bertz CT molecular complexity index is 562. The van der Waals surface area contributed by atoms with Gasteiger partial charge >= 0.3 is 0 Å². The lowest BCUT2D eigenvalue weighted by Crippen LogP contribution is -2.10. The van der Waals surface area contributed by atoms with Crippen molar-refractivity contribution in [3.8, 4) is 11.1 Å². The number of rotatable bonds is 0. The second kappa shape index (κ2) is 3.07. The third-order valence-electron chi connectivity index (χ3n) is 4.05. The average molecular weight is 261 g/mol. The van der Waals surface area contributed by atoms with Crippen LogP contribution in [-0.2, 0) is 5.41 Å². The highest BCUT2D eigenvalue weighted by Crippen LogP contribution is 2.66. The summed E-state index contributed by atoms with van der Waals surface area (Å²) in [6.45, 7) is 0. The molecule has 0 heterocycles. The van der Waals surface area contributed by atoms with E-state index >= 15 is 0 Å². The molecule has 0 aliphatic heterocycles. The molecule has 0 bridgehead atoms. The molecule has 2 atom stereocenters. The fourth-order valence-corrected chi connectivity index (χ4v) is 4.26. The van der Waals surface area contributed by atoms with E-state index in [1.807, 2.05) is 0 Å². The summed E-state index contributed by atoms with van der Waals surface area (Å²) in [5, 5.41) is 0.0166. The van der Waals surface area contributed by atoms with Gasteiger partial charge in [-0.25, -0.2) is 0 Å². The standard InChI is InChI=1S/C15H10Cl2/c16-13-14(17)15(13)11-7-3-1-5-9(11)10-6-2-4-8-12(10)15/h1-8,13-14H/t13-,14+. The van der Waals surface area contributed by atoms with Crippen molar-refractivity contribution in [2.75, 3.05) is 0 Å². The quantitative estimate of drug-likeness (QED) is 0.624. The van der Waals surface area contributed by atoms with Crippen molar-refractivity contribution in [1.82, 2.24) is 0 Å². The molecule has 0 radical (unpaired) electrons. The lowest BCUT2D eigenvalue weighted by Gasteiger charge is -2.11. The Hall–Kier alpha value is -0.980. The van der Waals surface area contributed by atoms with E-state index in [0.29, 0.717) is 0 Å². The number of fused-ring (bicyclic) bond motifs is 5. The monoisotopic (exact) mass is 260 g/mol. The first-order valence-corrected chi connectivity index (χ1v) is 6.62. The Morgan fingerprint density at radius 3 is 1.53 bits per heavy atom. The zero-order chi connectivity index (χ0) is 11.6. The van der Waals surface area contributed by atoms with Gasteiger partial charge in [-0.05, 0) is 22.3 Å². The summed E-state index contributed by atoms with van der Waals surface area (Å²) in [6, 6.07) is 16.9. The maximum absolute atomic E-state index is 6.42. The van der Waals surface area contributed by atoms with Crippen molar-refractivity contribution >= 4 is 23.2 Å². The van der Waals surface area contributed by atoms with Crippen LogP contribution in [0.15, 0.2) is 48.5 Å². The summed E-state index contributed by atoms with van der Waals surface area (Å²) in [5.74, 6) is 0. The molecule has 0 unspecified atom stereocenters. The normalized spacial score (nSPS) is 26.7. The Morgan fingerprint density at radius 2 is 1.12 bits per heavy atom. The van der Waals surface area contributed by atoms with E-state index in [-0.39, 0.29) is 16.2 Å². The van der Waals surface area contributed by atoms with Crippen LogP contribution in [0.5, 0.6) is 0 Å². The number of alkyl halides is 2. The molecule has 17 heavy (non-hydrogen) atoms. The molecule has 0 aromatic heterocycles. The van der Waals surface area contributed by atoms with Crippen molar-refractivity contribution in [1.29, 1.82) is 0 Å². The van der Waals surface area contributed by atoms with Crippen LogP contribution in [0.1, 0.15) is 11.1 Å². The van der Waals surface area contributed by atoms with Gasteiger partial charge < -0.3 is 0 Å². The molecule has 1 saturated carbocycles. The number of halogens is 2. The van der Waals surface area contributed by atoms with Crippen molar-refractivity contribution in [2.24, 2.45) is 0 Å². The molecular weight excluding hydrogens is 251 g/mol. The molecule has 84 valence electrons. The van der Waals surface area contributed by atoms with Gasteiger partial charge in [-0.1, -0.05) is 48.5 Å². The zero-order valence-electron chi connectivity index (χ0n) is 9.03. The molecule has 1 fully saturated rings. The van der Waals surface area contributed by atoms with Gasteiger partial charge in [-0.2, -0.15) is 0 Å². The number of benzene rings is 2. The van der Waals surface area contributed by atoms with Crippen molar-refractivity contribution in [2.45, 2.75) is 16.2 Å². The highest BCUT2D eigenvalue weighted by atomic mass is 35.5. The summed E-state index contributed by atoms with van der Waals surface area (Å²) in [5.41, 5.74) is 5.02. The zero-order valence-corrected chi connectivity index (χ0v) is 10.5. The van der Waals surface area contributed by atoms with Crippen LogP contribution in [-0.4, -0.2) is 10.8 Å². The lowest BCUT2D eigenvalue weighted by atomic mass is 9.94. The first-order valence-electron chi connectivity index (χ1n) is 5.75. The van der Waals surface area contributed by atoms with Crippen LogP contribution in [0.25, 0.3) is 11.1 Å². The molecule has 2 heteroatoms. The lowest BCUT2D eigenvalue weighted by molar-refractivity contribution is 0.884. The van der Waals surface area contributed by atoms with Gasteiger partial charge in [0.25, 0.3) is 0 Å². The second-order valence-electron chi connectivity index (χ2n) is 4.76. The van der Waals surface area contributed by atoms with Crippen LogP contribution in [0.3, 0.4) is 0 Å². The number of hydrogen-bond donors (Lipinski definition) is 0. The average Bonchev–Trinajstić information content (AvgIpc) is 2.81. The van der Waals surface area contributed by atoms with Crippen LogP contribution in [0, 0.1) is 0 Å². The molecular formula is C15H10Cl2. The summed E-state index contributed by atoms with van der Waals surface area (Å²) < 4.78 is 0. The second-order valence-corrected chi connectivity index (χ2v) is 5.70. The van der Waals surface area contributed by atoms with E-state index in [1.54, 1.807) is 0 Å². The smallest absolute Gasteiger partial charge is 0.0664 e. The molecule has 0 nitrogen and oxygen atoms in total. The Balaban J connectivity index is 2.11. The molecule has 0 saturated heterocycles. The summed E-state index contributed by atoms with van der Waals surface area (Å²) in [4.78, 5) is 0. The molecule has 2 aromatic rings. The van der Waals surface area contributed by atoms with E-state index in [0.717, 1.165) is 0 Å². The molecule has 2 aliphatic rings. The number of hydrogen-bond acceptors (Lipinski definition) is 0. The minimum Gasteiger partial charge on any atom is -0.120 e. The fourth-order valence-electron chi connectivity index (χ4n) is 3.20. The first kappa shape index (κ1) is 9.99. The SMILES string of the molecule is Cl[C@@H]1[C@H](Cl)C12c1ccccc1-c1ccccc12. The topological polar surface area (TPSA) is 0 Å². The van der Waals surface area contributed by atoms with Gasteiger partial charge in [0.1, 0.15) is 0 Å². The van der Waals surface area contributed by atoms with Crippen molar-refractivity contribution in [3.63, 3.8) is 0 Å². The van der Waals surface area contributed by atoms with Crippen molar-refractivity contribution in [3.05, 3.63) is 59.7 Å². The van der Waals surface area contributed by atoms with Gasteiger partial charge in [-0.3, -0.25) is 0 Å². The van der Waals surface area contributed by atoms with Crippen LogP contribution in [0.2, 0.25) is 0 Å². The molecule has 0 amide bonds. The predicted octanol–water partition coefficient (Wildman–Crippen LogP) is 4.18. The van der Waals surface area contributed by atoms with E-state index in [4.69, 9.17) is 23.2 Å². The summed E-state index contributed by atoms with van der Waals surface area (Å²) in [7, 11) is 0. The fraction of sp³-hybridized carbons (Fsp3) is 0.200. The Kier molecular flexibility index (Phi) is 1.80. The van der Waals surface area contributed by atoms with Gasteiger partial charge in [-0.15, -0.1) is 23.2 Å². The summed E-state index contributed by atoms with van der Waals surface area (Å²) in [6.07, 6.45) is 0. The highest BCUT2D eigenvalue weighted by Gasteiger charge is 2.68. The van der Waals surface area contributed by atoms with Gasteiger partial charge in [0, 0.05) is 0 Å². The van der Waals surface area contributed by atoms with Gasteiger partial charge in [0.15, 0.2) is 0 Å². The maximum atomic E-state index is 6.42. The molecule has 2 aliphatic carbocycles. The Labute approximate surface area is 110 Å².